The van der Waals surface area contributed by atoms with Crippen molar-refractivity contribution < 1.29 is 8.42 Å². The molecule has 0 unspecified atom stereocenters. The molecule has 1 N–H and O–H groups in total. The maximum absolute atomic E-state index is 12.3. The fourth-order valence-electron chi connectivity index (χ4n) is 1.66. The fourth-order valence-corrected chi connectivity index (χ4v) is 2.89. The molecule has 0 aliphatic rings. The average Bonchev–Trinajstić information content (AvgIpc) is 2.75. The third-order valence-corrected chi connectivity index (χ3v) is 5.14. The predicted molar refractivity (Wildman–Crippen MR) is 80.6 cm³/mol. The molecule has 0 saturated carbocycles. The van der Waals surface area contributed by atoms with Gasteiger partial charge in [0, 0.05) is 25.0 Å². The van der Waals surface area contributed by atoms with Gasteiger partial charge >= 0.3 is 0 Å². The van der Waals surface area contributed by atoms with Gasteiger partial charge in [0.1, 0.15) is 5.82 Å². The number of anilines is 2. The summed E-state index contributed by atoms with van der Waals surface area (Å²) in [6, 6.07) is 0. The summed E-state index contributed by atoms with van der Waals surface area (Å²) < 4.78 is 26.1. The number of hydrogen-bond acceptors (Lipinski definition) is 6. The molecule has 114 valence electrons. The molecule has 9 heteroatoms. The summed E-state index contributed by atoms with van der Waals surface area (Å²) in [5, 5.41) is 6.52. The second kappa shape index (κ2) is 5.61. The molecule has 0 aromatic carbocycles. The minimum absolute atomic E-state index is 0.00543. The normalized spacial score (nSPS) is 11.9. The molecule has 0 spiro atoms. The van der Waals surface area contributed by atoms with E-state index in [-0.39, 0.29) is 10.3 Å². The van der Waals surface area contributed by atoms with Crippen LogP contribution in [0.25, 0.3) is 0 Å². The average molecular weight is 330 g/mol. The third kappa shape index (κ3) is 3.16. The van der Waals surface area contributed by atoms with Crippen LogP contribution in [-0.4, -0.2) is 33.4 Å². The molecule has 0 radical (unpaired) electrons. The van der Waals surface area contributed by atoms with Gasteiger partial charge in [0.2, 0.25) is 20.1 Å². The highest BCUT2D eigenvalue weighted by atomic mass is 35.5. The predicted octanol–water partition coefficient (Wildman–Crippen LogP) is 2.10. The van der Waals surface area contributed by atoms with Gasteiger partial charge in [0.05, 0.1) is 10.9 Å². The summed E-state index contributed by atoms with van der Waals surface area (Å²) >= 11 is 5.77. The zero-order valence-corrected chi connectivity index (χ0v) is 13.7. The number of hydrogen-bond donors (Lipinski definition) is 1. The second-order valence-corrected chi connectivity index (χ2v) is 7.67. The van der Waals surface area contributed by atoms with Gasteiger partial charge in [-0.05, 0) is 32.4 Å². The smallest absolute Gasteiger partial charge is 0.224 e. The van der Waals surface area contributed by atoms with Crippen LogP contribution in [-0.2, 0) is 16.9 Å². The van der Waals surface area contributed by atoms with E-state index >= 15 is 0 Å². The molecule has 2 rings (SSSR count). The maximum atomic E-state index is 12.3. The van der Waals surface area contributed by atoms with Crippen molar-refractivity contribution in [3.05, 3.63) is 23.2 Å². The van der Waals surface area contributed by atoms with E-state index in [1.165, 1.54) is 4.68 Å². The van der Waals surface area contributed by atoms with E-state index in [0.29, 0.717) is 11.5 Å². The third-order valence-electron chi connectivity index (χ3n) is 2.88. The summed E-state index contributed by atoms with van der Waals surface area (Å²) in [6.07, 6.45) is 3.15. The summed E-state index contributed by atoms with van der Waals surface area (Å²) in [6.45, 7) is 5.02. The Morgan fingerprint density at radius 2 is 2.05 bits per heavy atom. The van der Waals surface area contributed by atoms with Gasteiger partial charge in [-0.3, -0.25) is 4.68 Å². The first-order chi connectivity index (χ1) is 9.71. The van der Waals surface area contributed by atoms with Crippen molar-refractivity contribution in [3.8, 4) is 0 Å². The molecule has 0 aliphatic carbocycles. The Kier molecular flexibility index (Phi) is 4.20. The van der Waals surface area contributed by atoms with Crippen molar-refractivity contribution in [2.24, 2.45) is 7.05 Å². The van der Waals surface area contributed by atoms with Crippen LogP contribution in [0.2, 0.25) is 5.28 Å². The van der Waals surface area contributed by atoms with Crippen LogP contribution < -0.4 is 5.32 Å². The Morgan fingerprint density at radius 3 is 2.67 bits per heavy atom. The Bertz CT molecular complexity index is 770. The van der Waals surface area contributed by atoms with Crippen molar-refractivity contribution in [1.29, 1.82) is 0 Å². The largest absolute Gasteiger partial charge is 0.336 e. The highest BCUT2D eigenvalue weighted by Crippen LogP contribution is 2.27. The standard InChI is InChI=1S/C12H16ClN5O2S/c1-7(2)21(19,20)11-9(6-18(4)17-11)15-10-8(3)5-14-12(13)16-10/h5-7H,1-4H3,(H,14,15,16). The quantitative estimate of drug-likeness (QED) is 0.864. The maximum Gasteiger partial charge on any atom is 0.224 e. The van der Waals surface area contributed by atoms with Crippen molar-refractivity contribution in [1.82, 2.24) is 19.7 Å². The summed E-state index contributed by atoms with van der Waals surface area (Å²) in [7, 11) is -1.84. The lowest BCUT2D eigenvalue weighted by atomic mass is 10.3. The Hall–Kier alpha value is -1.67. The zero-order valence-electron chi connectivity index (χ0n) is 12.1. The topological polar surface area (TPSA) is 89.8 Å². The Morgan fingerprint density at radius 1 is 1.38 bits per heavy atom. The van der Waals surface area contributed by atoms with Crippen molar-refractivity contribution in [2.45, 2.75) is 31.0 Å². The van der Waals surface area contributed by atoms with Gasteiger partial charge in [0.15, 0.2) is 0 Å². The number of nitrogens with one attached hydrogen (secondary N) is 1. The van der Waals surface area contributed by atoms with E-state index in [1.807, 2.05) is 0 Å². The molecule has 0 aliphatic heterocycles. The van der Waals surface area contributed by atoms with E-state index < -0.39 is 15.1 Å². The van der Waals surface area contributed by atoms with Crippen LogP contribution in [0.5, 0.6) is 0 Å². The van der Waals surface area contributed by atoms with E-state index in [2.05, 4.69) is 20.4 Å². The van der Waals surface area contributed by atoms with E-state index in [4.69, 9.17) is 11.6 Å². The molecular weight excluding hydrogens is 314 g/mol. The van der Waals surface area contributed by atoms with Gasteiger partial charge < -0.3 is 5.32 Å². The monoisotopic (exact) mass is 329 g/mol. The molecule has 2 aromatic rings. The molecule has 0 fully saturated rings. The van der Waals surface area contributed by atoms with Crippen molar-refractivity contribution in [3.63, 3.8) is 0 Å². The molecule has 2 heterocycles. The number of nitrogens with zero attached hydrogens (tertiary/aromatic N) is 4. The molecule has 0 amide bonds. The zero-order chi connectivity index (χ0) is 15.8. The number of aryl methyl sites for hydroxylation is 2. The van der Waals surface area contributed by atoms with Gasteiger partial charge in [-0.25, -0.2) is 18.4 Å². The van der Waals surface area contributed by atoms with Gasteiger partial charge in [-0.2, -0.15) is 5.10 Å². The minimum atomic E-state index is -3.50. The van der Waals surface area contributed by atoms with Gasteiger partial charge in [-0.15, -0.1) is 0 Å². The van der Waals surface area contributed by atoms with Crippen LogP contribution in [0.3, 0.4) is 0 Å². The molecule has 2 aromatic heterocycles. The Labute approximate surface area is 128 Å². The number of rotatable bonds is 4. The molecule has 21 heavy (non-hydrogen) atoms. The van der Waals surface area contributed by atoms with E-state index in [9.17, 15) is 8.42 Å². The molecule has 7 nitrogen and oxygen atoms in total. The van der Waals surface area contributed by atoms with Crippen LogP contribution in [0.15, 0.2) is 17.4 Å². The lowest BCUT2D eigenvalue weighted by Crippen LogP contribution is -2.16. The number of aromatic nitrogens is 4. The fraction of sp³-hybridized carbons (Fsp3) is 0.417. The lowest BCUT2D eigenvalue weighted by Gasteiger charge is -2.10. The summed E-state index contributed by atoms with van der Waals surface area (Å²) in [5.74, 6) is 0.447. The molecule has 0 atom stereocenters. The first-order valence-electron chi connectivity index (χ1n) is 6.25. The van der Waals surface area contributed by atoms with Gasteiger partial charge in [0.25, 0.3) is 0 Å². The van der Waals surface area contributed by atoms with Crippen LogP contribution in [0.1, 0.15) is 19.4 Å². The number of halogens is 1. The SMILES string of the molecule is Cc1cnc(Cl)nc1Nc1cn(C)nc1S(=O)(=O)C(C)C. The second-order valence-electron chi connectivity index (χ2n) is 4.91. The van der Waals surface area contributed by atoms with Gasteiger partial charge in [-0.1, -0.05) is 0 Å². The first-order valence-corrected chi connectivity index (χ1v) is 8.18. The Balaban J connectivity index is 2.49. The van der Waals surface area contributed by atoms with Crippen LogP contribution in [0.4, 0.5) is 11.5 Å². The number of sulfone groups is 1. The highest BCUT2D eigenvalue weighted by Gasteiger charge is 2.26. The van der Waals surface area contributed by atoms with Crippen molar-refractivity contribution in [2.75, 3.05) is 5.32 Å². The van der Waals surface area contributed by atoms with Crippen molar-refractivity contribution >= 4 is 32.9 Å². The molecule has 0 saturated heterocycles. The highest BCUT2D eigenvalue weighted by molar-refractivity contribution is 7.92. The van der Waals surface area contributed by atoms with E-state index in [0.717, 1.165) is 5.56 Å². The van der Waals surface area contributed by atoms with Crippen LogP contribution in [0, 0.1) is 6.92 Å². The summed E-state index contributed by atoms with van der Waals surface area (Å²) in [4.78, 5) is 7.92. The van der Waals surface area contributed by atoms with Crippen LogP contribution >= 0.6 is 11.6 Å². The lowest BCUT2D eigenvalue weighted by molar-refractivity contribution is 0.579. The molecule has 0 bridgehead atoms. The molecular formula is C12H16ClN5O2S. The van der Waals surface area contributed by atoms with E-state index in [1.54, 1.807) is 40.2 Å². The minimum Gasteiger partial charge on any atom is -0.336 e. The first kappa shape index (κ1) is 15.7. The summed E-state index contributed by atoms with van der Waals surface area (Å²) in [5.41, 5.74) is 1.11.